The first-order valence-corrected chi connectivity index (χ1v) is 10.3. The maximum Gasteiger partial charge on any atom is 0.408 e. The Kier molecular flexibility index (Phi) is 5.92. The number of alkyl halides is 3. The number of hydrogen-bond acceptors (Lipinski definition) is 5. The molecule has 2 unspecified atom stereocenters. The highest BCUT2D eigenvalue weighted by Crippen LogP contribution is 2.34. The molecule has 6 nitrogen and oxygen atoms in total. The van der Waals surface area contributed by atoms with Crippen molar-refractivity contribution >= 4 is 11.8 Å². The zero-order valence-electron chi connectivity index (χ0n) is 17.1. The molecule has 0 saturated carbocycles. The van der Waals surface area contributed by atoms with Gasteiger partial charge in [0.25, 0.3) is 5.56 Å². The highest BCUT2D eigenvalue weighted by molar-refractivity contribution is 5.47. The van der Waals surface area contributed by atoms with Gasteiger partial charge in [0, 0.05) is 25.7 Å². The standard InChI is InChI=1S/C21H24F4N4O2/c1-14-13-31-11-10-27(14)18-12-19(30)29-9-7-17(21(23,24)25)28(20(29)26-18)8-6-15-2-4-16(22)5-3-15/h2-5,12,14,17H,6-11,13H2,1H3. The van der Waals surface area contributed by atoms with Gasteiger partial charge in [0.05, 0.1) is 19.3 Å². The predicted octanol–water partition coefficient (Wildman–Crippen LogP) is 2.99. The van der Waals surface area contributed by atoms with Gasteiger partial charge in [-0.3, -0.25) is 9.36 Å². The molecule has 4 rings (SSSR count). The van der Waals surface area contributed by atoms with Crippen molar-refractivity contribution < 1.29 is 22.3 Å². The first-order chi connectivity index (χ1) is 14.7. The van der Waals surface area contributed by atoms with E-state index in [9.17, 15) is 22.4 Å². The molecule has 0 N–H and O–H groups in total. The molecule has 1 saturated heterocycles. The summed E-state index contributed by atoms with van der Waals surface area (Å²) in [6, 6.07) is 5.26. The summed E-state index contributed by atoms with van der Waals surface area (Å²) in [6.45, 7) is 3.31. The average molecular weight is 440 g/mol. The Morgan fingerprint density at radius 3 is 2.61 bits per heavy atom. The van der Waals surface area contributed by atoms with E-state index in [2.05, 4.69) is 4.98 Å². The lowest BCUT2D eigenvalue weighted by Crippen LogP contribution is -2.53. The number of hydrogen-bond donors (Lipinski definition) is 0. The third-order valence-corrected chi connectivity index (χ3v) is 5.83. The van der Waals surface area contributed by atoms with Gasteiger partial charge >= 0.3 is 6.18 Å². The monoisotopic (exact) mass is 440 g/mol. The van der Waals surface area contributed by atoms with Crippen LogP contribution in [0.4, 0.5) is 29.3 Å². The van der Waals surface area contributed by atoms with Gasteiger partial charge < -0.3 is 14.5 Å². The van der Waals surface area contributed by atoms with Crippen LogP contribution in [0.25, 0.3) is 0 Å². The van der Waals surface area contributed by atoms with Crippen LogP contribution < -0.4 is 15.4 Å². The molecule has 31 heavy (non-hydrogen) atoms. The van der Waals surface area contributed by atoms with E-state index < -0.39 is 18.0 Å². The fourth-order valence-corrected chi connectivity index (χ4v) is 4.17. The molecule has 2 atom stereocenters. The number of benzene rings is 1. The molecule has 3 heterocycles. The quantitative estimate of drug-likeness (QED) is 0.685. The van der Waals surface area contributed by atoms with Crippen LogP contribution in [0.5, 0.6) is 0 Å². The van der Waals surface area contributed by atoms with Gasteiger partial charge in [-0.15, -0.1) is 0 Å². The zero-order chi connectivity index (χ0) is 22.2. The van der Waals surface area contributed by atoms with Crippen molar-refractivity contribution in [1.29, 1.82) is 0 Å². The van der Waals surface area contributed by atoms with Crippen LogP contribution in [-0.2, 0) is 17.7 Å². The summed E-state index contributed by atoms with van der Waals surface area (Å²) < 4.78 is 61.4. The van der Waals surface area contributed by atoms with Gasteiger partial charge in [-0.05, 0) is 37.5 Å². The summed E-state index contributed by atoms with van der Waals surface area (Å²) in [7, 11) is 0. The maximum atomic E-state index is 13.8. The lowest BCUT2D eigenvalue weighted by atomic mass is 10.1. The third-order valence-electron chi connectivity index (χ3n) is 5.83. The molecule has 1 fully saturated rings. The molecule has 0 radical (unpaired) electrons. The van der Waals surface area contributed by atoms with Crippen molar-refractivity contribution in [2.45, 2.75) is 44.6 Å². The molecule has 168 valence electrons. The Balaban J connectivity index is 1.70. The molecular weight excluding hydrogens is 416 g/mol. The number of anilines is 2. The smallest absolute Gasteiger partial charge is 0.377 e. The molecule has 2 aliphatic rings. The second-order valence-corrected chi connectivity index (χ2v) is 7.94. The van der Waals surface area contributed by atoms with Crippen molar-refractivity contribution in [3.63, 3.8) is 0 Å². The second-order valence-electron chi connectivity index (χ2n) is 7.94. The van der Waals surface area contributed by atoms with E-state index in [1.165, 1.54) is 27.7 Å². The molecule has 1 aromatic carbocycles. The van der Waals surface area contributed by atoms with Gasteiger partial charge in [-0.1, -0.05) is 12.1 Å². The molecule has 0 amide bonds. The van der Waals surface area contributed by atoms with E-state index in [0.29, 0.717) is 31.1 Å². The van der Waals surface area contributed by atoms with E-state index in [-0.39, 0.29) is 43.5 Å². The number of morpholine rings is 1. The summed E-state index contributed by atoms with van der Waals surface area (Å²) in [4.78, 5) is 20.3. The topological polar surface area (TPSA) is 50.6 Å². The second kappa shape index (κ2) is 8.49. The Bertz CT molecular complexity index is 977. The third kappa shape index (κ3) is 4.53. The summed E-state index contributed by atoms with van der Waals surface area (Å²) >= 11 is 0. The lowest BCUT2D eigenvalue weighted by Gasteiger charge is -2.40. The largest absolute Gasteiger partial charge is 0.408 e. The van der Waals surface area contributed by atoms with Crippen LogP contribution in [0.15, 0.2) is 35.1 Å². The SMILES string of the molecule is CC1COCCN1c1cc(=O)n2c(n1)N(CCc1ccc(F)cc1)C(C(F)(F)F)CC2. The molecule has 2 aliphatic heterocycles. The van der Waals surface area contributed by atoms with Gasteiger partial charge in [-0.2, -0.15) is 18.2 Å². The van der Waals surface area contributed by atoms with Crippen molar-refractivity contribution in [2.24, 2.45) is 0 Å². The Labute approximate surface area is 177 Å². The highest BCUT2D eigenvalue weighted by Gasteiger charge is 2.46. The van der Waals surface area contributed by atoms with E-state index >= 15 is 0 Å². The Morgan fingerprint density at radius 1 is 1.19 bits per heavy atom. The van der Waals surface area contributed by atoms with Gasteiger partial charge in [0.15, 0.2) is 0 Å². The first-order valence-electron chi connectivity index (χ1n) is 10.3. The number of aromatic nitrogens is 2. The molecule has 0 spiro atoms. The average Bonchev–Trinajstić information content (AvgIpc) is 2.72. The number of fused-ring (bicyclic) bond motifs is 1. The maximum absolute atomic E-state index is 13.8. The number of nitrogens with zero attached hydrogens (tertiary/aromatic N) is 4. The van der Waals surface area contributed by atoms with Crippen LogP contribution >= 0.6 is 0 Å². The van der Waals surface area contributed by atoms with Crippen LogP contribution in [0.1, 0.15) is 18.9 Å². The summed E-state index contributed by atoms with van der Waals surface area (Å²) in [5, 5.41) is 0. The van der Waals surface area contributed by atoms with Gasteiger partial charge in [0.1, 0.15) is 17.7 Å². The van der Waals surface area contributed by atoms with E-state index in [0.717, 1.165) is 0 Å². The number of rotatable bonds is 4. The molecule has 2 aromatic rings. The summed E-state index contributed by atoms with van der Waals surface area (Å²) in [5.41, 5.74) is 0.339. The van der Waals surface area contributed by atoms with E-state index in [1.54, 1.807) is 12.1 Å². The van der Waals surface area contributed by atoms with Crippen molar-refractivity contribution in [2.75, 3.05) is 36.1 Å². The number of ether oxygens (including phenoxy) is 1. The van der Waals surface area contributed by atoms with Crippen LogP contribution in [0.2, 0.25) is 0 Å². The first kappa shape index (κ1) is 21.6. The van der Waals surface area contributed by atoms with Crippen LogP contribution in [0, 0.1) is 5.82 Å². The minimum absolute atomic E-state index is 0.00433. The Morgan fingerprint density at radius 2 is 1.94 bits per heavy atom. The van der Waals surface area contributed by atoms with Crippen LogP contribution in [0.3, 0.4) is 0 Å². The minimum Gasteiger partial charge on any atom is -0.377 e. The fraction of sp³-hybridized carbons (Fsp3) is 0.524. The predicted molar refractivity (Wildman–Crippen MR) is 108 cm³/mol. The Hall–Kier alpha value is -2.62. The zero-order valence-corrected chi connectivity index (χ0v) is 17.1. The fourth-order valence-electron chi connectivity index (χ4n) is 4.17. The van der Waals surface area contributed by atoms with Crippen molar-refractivity contribution in [1.82, 2.24) is 9.55 Å². The highest BCUT2D eigenvalue weighted by atomic mass is 19.4. The van der Waals surface area contributed by atoms with Gasteiger partial charge in [0.2, 0.25) is 5.95 Å². The van der Waals surface area contributed by atoms with Crippen LogP contribution in [-0.4, -0.2) is 54.1 Å². The van der Waals surface area contributed by atoms with Gasteiger partial charge in [-0.25, -0.2) is 4.39 Å². The van der Waals surface area contributed by atoms with Crippen molar-refractivity contribution in [3.05, 3.63) is 52.1 Å². The molecule has 0 bridgehead atoms. The molecule has 0 aliphatic carbocycles. The molecule has 10 heteroatoms. The van der Waals surface area contributed by atoms with Crippen molar-refractivity contribution in [3.8, 4) is 0 Å². The summed E-state index contributed by atoms with van der Waals surface area (Å²) in [6.07, 6.45) is -4.43. The van der Waals surface area contributed by atoms with E-state index in [4.69, 9.17) is 4.74 Å². The minimum atomic E-state index is -4.46. The number of halogens is 4. The molecular formula is C21H24F4N4O2. The normalized spacial score (nSPS) is 21.8. The summed E-state index contributed by atoms with van der Waals surface area (Å²) in [5.74, 6) is -0.0173. The lowest BCUT2D eigenvalue weighted by molar-refractivity contribution is -0.152. The molecule has 1 aromatic heterocycles. The van der Waals surface area contributed by atoms with E-state index in [1.807, 2.05) is 11.8 Å².